The Morgan fingerprint density at radius 2 is 2.00 bits per heavy atom. The van der Waals surface area contributed by atoms with Gasteiger partial charge in [-0.1, -0.05) is 37.0 Å². The summed E-state index contributed by atoms with van der Waals surface area (Å²) in [7, 11) is 0. The predicted molar refractivity (Wildman–Crippen MR) is 115 cm³/mol. The van der Waals surface area contributed by atoms with Crippen molar-refractivity contribution in [3.63, 3.8) is 0 Å². The topological polar surface area (TPSA) is 59.8 Å². The summed E-state index contributed by atoms with van der Waals surface area (Å²) < 4.78 is 1.79. The second kappa shape index (κ2) is 8.64. The minimum atomic E-state index is -0.0565. The van der Waals surface area contributed by atoms with Crippen molar-refractivity contribution in [1.82, 2.24) is 20.1 Å². The molecule has 0 aliphatic heterocycles. The second-order valence-corrected chi connectivity index (χ2v) is 8.65. The number of thiazole rings is 1. The fourth-order valence-electron chi connectivity index (χ4n) is 2.88. The Bertz CT molecular complexity index is 1010. The van der Waals surface area contributed by atoms with Crippen LogP contribution in [0.1, 0.15) is 47.4 Å². The summed E-state index contributed by atoms with van der Waals surface area (Å²) in [6, 6.07) is 5.36. The van der Waals surface area contributed by atoms with E-state index in [2.05, 4.69) is 29.2 Å². The van der Waals surface area contributed by atoms with Crippen LogP contribution in [-0.4, -0.2) is 20.7 Å². The molecule has 3 rings (SSSR count). The van der Waals surface area contributed by atoms with Crippen molar-refractivity contribution in [3.8, 4) is 5.69 Å². The summed E-state index contributed by atoms with van der Waals surface area (Å²) in [5, 5.41) is 11.6. The number of benzene rings is 1. The van der Waals surface area contributed by atoms with Gasteiger partial charge in [-0.25, -0.2) is 9.67 Å². The zero-order chi connectivity index (χ0) is 20.4. The van der Waals surface area contributed by atoms with E-state index < -0.39 is 0 Å². The van der Waals surface area contributed by atoms with Crippen LogP contribution in [0.2, 0.25) is 10.0 Å². The molecule has 28 heavy (non-hydrogen) atoms. The molecule has 0 unspecified atom stereocenters. The molecule has 0 aliphatic rings. The molecule has 8 heteroatoms. The van der Waals surface area contributed by atoms with Crippen molar-refractivity contribution >= 4 is 40.4 Å². The normalized spacial score (nSPS) is 11.2. The number of carbonyl (C=O) groups excluding carboxylic acids is 1. The smallest absolute Gasteiger partial charge is 0.224 e. The van der Waals surface area contributed by atoms with Crippen LogP contribution in [0.5, 0.6) is 0 Å². The lowest BCUT2D eigenvalue weighted by Gasteiger charge is -2.07. The number of aryl methyl sites for hydroxylation is 1. The van der Waals surface area contributed by atoms with Gasteiger partial charge in [-0.2, -0.15) is 5.10 Å². The van der Waals surface area contributed by atoms with E-state index in [-0.39, 0.29) is 12.3 Å². The number of amides is 1. The van der Waals surface area contributed by atoms with Crippen LogP contribution in [0.15, 0.2) is 23.6 Å². The molecule has 1 aromatic carbocycles. The SMILES string of the molecule is Cc1nn(-c2ccc(Cl)c(Cl)c2)c(C)c1CC(=O)NCc1csc(C(C)C)n1. The number of hydrogen-bond donors (Lipinski definition) is 1. The van der Waals surface area contributed by atoms with E-state index in [0.29, 0.717) is 22.5 Å². The third kappa shape index (κ3) is 4.57. The maximum atomic E-state index is 12.5. The van der Waals surface area contributed by atoms with Crippen LogP contribution in [0.25, 0.3) is 5.69 Å². The van der Waals surface area contributed by atoms with Gasteiger partial charge in [-0.15, -0.1) is 11.3 Å². The number of hydrogen-bond acceptors (Lipinski definition) is 4. The monoisotopic (exact) mass is 436 g/mol. The van der Waals surface area contributed by atoms with Crippen LogP contribution >= 0.6 is 34.5 Å². The highest BCUT2D eigenvalue weighted by Gasteiger charge is 2.17. The van der Waals surface area contributed by atoms with E-state index in [1.807, 2.05) is 25.3 Å². The molecule has 2 aromatic heterocycles. The summed E-state index contributed by atoms with van der Waals surface area (Å²) in [4.78, 5) is 17.0. The molecular formula is C20H22Cl2N4OS. The Morgan fingerprint density at radius 3 is 2.64 bits per heavy atom. The van der Waals surface area contributed by atoms with Crippen LogP contribution in [-0.2, 0) is 17.8 Å². The van der Waals surface area contributed by atoms with Gasteiger partial charge < -0.3 is 5.32 Å². The first kappa shape index (κ1) is 20.8. The summed E-state index contributed by atoms with van der Waals surface area (Å²) in [6.45, 7) is 8.50. The average Bonchev–Trinajstić information content (AvgIpc) is 3.23. The van der Waals surface area contributed by atoms with E-state index in [1.54, 1.807) is 28.2 Å². The van der Waals surface area contributed by atoms with Gasteiger partial charge in [0.15, 0.2) is 0 Å². The molecule has 1 N–H and O–H groups in total. The highest BCUT2D eigenvalue weighted by Crippen LogP contribution is 2.26. The van der Waals surface area contributed by atoms with Crippen molar-refractivity contribution in [3.05, 3.63) is 61.3 Å². The first-order chi connectivity index (χ1) is 13.3. The maximum Gasteiger partial charge on any atom is 0.224 e. The van der Waals surface area contributed by atoms with Crippen molar-refractivity contribution < 1.29 is 4.79 Å². The van der Waals surface area contributed by atoms with Gasteiger partial charge >= 0.3 is 0 Å². The summed E-state index contributed by atoms with van der Waals surface area (Å²) in [5.74, 6) is 0.339. The van der Waals surface area contributed by atoms with Crippen molar-refractivity contribution in [2.75, 3.05) is 0 Å². The van der Waals surface area contributed by atoms with Crippen LogP contribution in [0, 0.1) is 13.8 Å². The highest BCUT2D eigenvalue weighted by atomic mass is 35.5. The van der Waals surface area contributed by atoms with Crippen LogP contribution in [0.3, 0.4) is 0 Å². The van der Waals surface area contributed by atoms with Crippen LogP contribution < -0.4 is 5.32 Å². The molecule has 0 saturated carbocycles. The van der Waals surface area contributed by atoms with Gasteiger partial charge in [0.1, 0.15) is 0 Å². The lowest BCUT2D eigenvalue weighted by molar-refractivity contribution is -0.120. The van der Waals surface area contributed by atoms with Crippen molar-refractivity contribution in [2.24, 2.45) is 0 Å². The average molecular weight is 437 g/mol. The first-order valence-corrected chi connectivity index (χ1v) is 10.6. The van der Waals surface area contributed by atoms with E-state index in [0.717, 1.165) is 33.3 Å². The fourth-order valence-corrected chi connectivity index (χ4v) is 4.01. The quantitative estimate of drug-likeness (QED) is 0.574. The molecule has 3 aromatic rings. The number of halogens is 2. The Labute approximate surface area is 178 Å². The zero-order valence-corrected chi connectivity index (χ0v) is 18.5. The van der Waals surface area contributed by atoms with E-state index in [4.69, 9.17) is 23.2 Å². The molecule has 0 saturated heterocycles. The molecule has 0 fully saturated rings. The maximum absolute atomic E-state index is 12.5. The Morgan fingerprint density at radius 1 is 1.25 bits per heavy atom. The third-order valence-corrected chi connectivity index (χ3v) is 6.39. The molecule has 0 bridgehead atoms. The molecule has 0 aliphatic carbocycles. The molecule has 0 spiro atoms. The highest BCUT2D eigenvalue weighted by molar-refractivity contribution is 7.09. The van der Waals surface area contributed by atoms with Crippen molar-refractivity contribution in [2.45, 2.75) is 46.6 Å². The van der Waals surface area contributed by atoms with Gasteiger partial charge in [-0.05, 0) is 32.0 Å². The molecule has 148 valence electrons. The standard InChI is InChI=1S/C20H22Cl2N4OS/c1-11(2)20-24-14(10-28-20)9-23-19(27)8-16-12(3)25-26(13(16)4)15-5-6-17(21)18(22)7-15/h5-7,10-11H,8-9H2,1-4H3,(H,23,27). The summed E-state index contributed by atoms with van der Waals surface area (Å²) in [6.07, 6.45) is 0.264. The minimum absolute atomic E-state index is 0.0565. The molecule has 0 atom stereocenters. The van der Waals surface area contributed by atoms with E-state index in [1.165, 1.54) is 0 Å². The Balaban J connectivity index is 1.70. The molecule has 0 radical (unpaired) electrons. The number of carbonyl (C=O) groups is 1. The van der Waals surface area contributed by atoms with Gasteiger partial charge in [0.05, 0.1) is 45.1 Å². The number of rotatable bonds is 6. The lowest BCUT2D eigenvalue weighted by Crippen LogP contribution is -2.25. The first-order valence-electron chi connectivity index (χ1n) is 8.97. The molecular weight excluding hydrogens is 415 g/mol. The molecule has 1 amide bonds. The molecule has 2 heterocycles. The fraction of sp³-hybridized carbons (Fsp3) is 0.350. The third-order valence-electron chi connectivity index (χ3n) is 4.46. The van der Waals surface area contributed by atoms with Gasteiger partial charge in [0.25, 0.3) is 0 Å². The number of nitrogens with one attached hydrogen (secondary N) is 1. The van der Waals surface area contributed by atoms with Crippen LogP contribution in [0.4, 0.5) is 0 Å². The van der Waals surface area contributed by atoms with E-state index in [9.17, 15) is 4.79 Å². The Kier molecular flexibility index (Phi) is 6.43. The number of aromatic nitrogens is 3. The van der Waals surface area contributed by atoms with Gasteiger partial charge in [0.2, 0.25) is 5.91 Å². The van der Waals surface area contributed by atoms with Gasteiger partial charge in [0, 0.05) is 22.6 Å². The van der Waals surface area contributed by atoms with E-state index >= 15 is 0 Å². The summed E-state index contributed by atoms with van der Waals surface area (Å²) in [5.41, 5.74) is 4.33. The lowest BCUT2D eigenvalue weighted by atomic mass is 10.1. The molecule has 5 nitrogen and oxygen atoms in total. The summed E-state index contributed by atoms with van der Waals surface area (Å²) >= 11 is 13.7. The number of nitrogens with zero attached hydrogens (tertiary/aromatic N) is 3. The second-order valence-electron chi connectivity index (χ2n) is 6.94. The minimum Gasteiger partial charge on any atom is -0.350 e. The van der Waals surface area contributed by atoms with Gasteiger partial charge in [-0.3, -0.25) is 4.79 Å². The largest absolute Gasteiger partial charge is 0.350 e. The Hall–Kier alpha value is -1.89. The zero-order valence-electron chi connectivity index (χ0n) is 16.2. The predicted octanol–water partition coefficient (Wildman–Crippen LogP) is 5.23. The van der Waals surface area contributed by atoms with Crippen molar-refractivity contribution in [1.29, 1.82) is 0 Å².